The summed E-state index contributed by atoms with van der Waals surface area (Å²) in [6.07, 6.45) is 1.59. The van der Waals surface area contributed by atoms with E-state index in [2.05, 4.69) is 71.6 Å². The van der Waals surface area contributed by atoms with Crippen LogP contribution < -0.4 is 10.2 Å². The van der Waals surface area contributed by atoms with Gasteiger partial charge in [0.25, 0.3) is 0 Å². The fourth-order valence-electron chi connectivity index (χ4n) is 2.87. The molecule has 0 fully saturated rings. The molecule has 0 aliphatic carbocycles. The lowest BCUT2D eigenvalue weighted by atomic mass is 10.2. The fourth-order valence-corrected chi connectivity index (χ4v) is 5.51. The molecule has 3 aromatic carbocycles. The normalized spacial score (nSPS) is 11.2. The second-order valence-corrected chi connectivity index (χ2v) is 10.4. The molecule has 4 rings (SSSR count). The number of nitrogens with zero attached hydrogens (tertiary/aromatic N) is 1. The minimum absolute atomic E-state index is 0.199. The summed E-state index contributed by atoms with van der Waals surface area (Å²) in [5.41, 5.74) is 5.02. The van der Waals surface area contributed by atoms with E-state index in [-0.39, 0.29) is 5.76 Å². The number of furan rings is 1. The fraction of sp³-hybridized carbons (Fsp3) is 0.0435. The quantitative estimate of drug-likeness (QED) is 0.128. The molecule has 0 atom stereocenters. The third-order valence-corrected chi connectivity index (χ3v) is 6.75. The Balaban J connectivity index is 1.41. The number of amides is 1. The van der Waals surface area contributed by atoms with Gasteiger partial charge in [-0.1, -0.05) is 39.7 Å². The van der Waals surface area contributed by atoms with E-state index in [1.165, 1.54) is 0 Å². The maximum Gasteiger partial charge on any atom is 0.307 e. The van der Waals surface area contributed by atoms with Crippen LogP contribution in [0.2, 0.25) is 5.02 Å². The first kappa shape index (κ1) is 23.5. The highest BCUT2D eigenvalue weighted by Crippen LogP contribution is 2.29. The largest absolute Gasteiger partial charge is 0.487 e. The van der Waals surface area contributed by atoms with E-state index < -0.39 is 5.91 Å². The highest BCUT2D eigenvalue weighted by atomic mass is 127. The third-order valence-electron chi connectivity index (χ3n) is 4.40. The summed E-state index contributed by atoms with van der Waals surface area (Å²) in [6, 6.07) is 18.7. The van der Waals surface area contributed by atoms with Crippen LogP contribution in [-0.4, -0.2) is 12.1 Å². The van der Waals surface area contributed by atoms with Crippen molar-refractivity contribution in [2.75, 3.05) is 0 Å². The minimum Gasteiger partial charge on any atom is -0.487 e. The first-order valence-corrected chi connectivity index (χ1v) is 12.6. The van der Waals surface area contributed by atoms with Crippen LogP contribution in [-0.2, 0) is 6.61 Å². The van der Waals surface area contributed by atoms with Crippen LogP contribution in [0.15, 0.2) is 74.7 Å². The van der Waals surface area contributed by atoms with E-state index in [9.17, 15) is 4.79 Å². The zero-order valence-corrected chi connectivity index (χ0v) is 22.9. The number of ether oxygens (including phenoxy) is 1. The lowest BCUT2D eigenvalue weighted by Gasteiger charge is -2.11. The summed E-state index contributed by atoms with van der Waals surface area (Å²) in [4.78, 5) is 12.4. The van der Waals surface area contributed by atoms with Crippen LogP contribution in [0.25, 0.3) is 11.0 Å². The van der Waals surface area contributed by atoms with Crippen molar-refractivity contribution in [3.63, 3.8) is 0 Å². The maximum absolute atomic E-state index is 12.4. The first-order chi connectivity index (χ1) is 15.4. The number of halogens is 4. The average molecular weight is 736 g/mol. The first-order valence-electron chi connectivity index (χ1n) is 9.28. The van der Waals surface area contributed by atoms with Gasteiger partial charge in [0.2, 0.25) is 0 Å². The van der Waals surface area contributed by atoms with Crippen molar-refractivity contribution < 1.29 is 13.9 Å². The zero-order valence-electron chi connectivity index (χ0n) is 16.2. The second-order valence-electron chi connectivity index (χ2n) is 6.72. The molecule has 1 amide bonds. The topological polar surface area (TPSA) is 63.8 Å². The minimum atomic E-state index is -0.416. The molecular formula is C23H14BrClI2N2O3. The number of benzene rings is 3. The summed E-state index contributed by atoms with van der Waals surface area (Å²) in [7, 11) is 0. The molecule has 1 heterocycles. The molecule has 0 unspecified atom stereocenters. The van der Waals surface area contributed by atoms with Crippen molar-refractivity contribution >= 4 is 95.8 Å². The van der Waals surface area contributed by atoms with Gasteiger partial charge in [0.05, 0.1) is 13.4 Å². The van der Waals surface area contributed by atoms with Gasteiger partial charge in [0, 0.05) is 14.9 Å². The number of nitrogens with one attached hydrogen (secondary N) is 1. The van der Waals surface area contributed by atoms with Gasteiger partial charge < -0.3 is 9.15 Å². The Morgan fingerprint density at radius 2 is 1.81 bits per heavy atom. The number of hydrazone groups is 1. The van der Waals surface area contributed by atoms with E-state index >= 15 is 0 Å². The van der Waals surface area contributed by atoms with Gasteiger partial charge in [-0.15, -0.1) is 0 Å². The summed E-state index contributed by atoms with van der Waals surface area (Å²) in [6.45, 7) is 0.445. The van der Waals surface area contributed by atoms with Crippen molar-refractivity contribution in [2.45, 2.75) is 6.61 Å². The Labute approximate surface area is 225 Å². The van der Waals surface area contributed by atoms with E-state index in [0.717, 1.165) is 33.9 Å². The van der Waals surface area contributed by atoms with Crippen molar-refractivity contribution in [3.8, 4) is 5.75 Å². The van der Waals surface area contributed by atoms with Crippen molar-refractivity contribution in [2.24, 2.45) is 5.10 Å². The molecule has 0 aliphatic heterocycles. The summed E-state index contributed by atoms with van der Waals surface area (Å²) < 4.78 is 14.4. The third kappa shape index (κ3) is 5.83. The van der Waals surface area contributed by atoms with E-state index in [4.69, 9.17) is 20.8 Å². The molecular weight excluding hydrogens is 721 g/mol. The molecule has 0 bridgehead atoms. The Hall–Kier alpha value is -1.63. The summed E-state index contributed by atoms with van der Waals surface area (Å²) in [5, 5.41) is 5.60. The van der Waals surface area contributed by atoms with Gasteiger partial charge in [-0.05, 0) is 105 Å². The summed E-state index contributed by atoms with van der Waals surface area (Å²) >= 11 is 13.8. The molecule has 5 nitrogen and oxygen atoms in total. The number of carbonyl (C=O) groups is 1. The van der Waals surface area contributed by atoms with Gasteiger partial charge in [0.15, 0.2) is 5.76 Å². The number of rotatable bonds is 6. The number of fused-ring (bicyclic) bond motifs is 1. The van der Waals surface area contributed by atoms with E-state index in [0.29, 0.717) is 17.2 Å². The van der Waals surface area contributed by atoms with Gasteiger partial charge in [-0.2, -0.15) is 5.10 Å². The van der Waals surface area contributed by atoms with Crippen LogP contribution >= 0.6 is 72.7 Å². The smallest absolute Gasteiger partial charge is 0.307 e. The maximum atomic E-state index is 12.4. The Bertz CT molecular complexity index is 1300. The van der Waals surface area contributed by atoms with E-state index in [1.54, 1.807) is 18.3 Å². The molecule has 0 saturated heterocycles. The molecule has 4 aromatic rings. The van der Waals surface area contributed by atoms with Gasteiger partial charge in [-0.25, -0.2) is 5.43 Å². The van der Waals surface area contributed by atoms with Crippen molar-refractivity contribution in [1.29, 1.82) is 0 Å². The Morgan fingerprint density at radius 3 is 2.53 bits per heavy atom. The van der Waals surface area contributed by atoms with Gasteiger partial charge >= 0.3 is 5.91 Å². The molecule has 1 aromatic heterocycles. The van der Waals surface area contributed by atoms with Gasteiger partial charge in [-0.3, -0.25) is 4.79 Å². The van der Waals surface area contributed by atoms with Crippen LogP contribution in [0.4, 0.5) is 0 Å². The molecule has 0 saturated carbocycles. The predicted octanol–water partition coefficient (Wildman–Crippen LogP) is 7.40. The standard InChI is InChI=1S/C23H14BrClI2N2O3/c24-16-3-6-20-15(9-16)10-21(32-20)23(30)29-28-11-14-7-18(26)22(19(27)8-14)31-12-13-1-4-17(25)5-2-13/h1-11H,12H2,(H,29,30)/b28-11+. The number of hydrogen-bond acceptors (Lipinski definition) is 4. The molecule has 0 radical (unpaired) electrons. The molecule has 0 spiro atoms. The van der Waals surface area contributed by atoms with E-state index in [1.807, 2.05) is 48.5 Å². The average Bonchev–Trinajstić information content (AvgIpc) is 3.18. The molecule has 32 heavy (non-hydrogen) atoms. The second kappa shape index (κ2) is 10.5. The number of carbonyl (C=O) groups excluding carboxylic acids is 1. The van der Waals surface area contributed by atoms with Gasteiger partial charge in [0.1, 0.15) is 17.9 Å². The lowest BCUT2D eigenvalue weighted by molar-refractivity contribution is 0.0929. The van der Waals surface area contributed by atoms with Crippen molar-refractivity contribution in [1.82, 2.24) is 5.43 Å². The van der Waals surface area contributed by atoms with Crippen LogP contribution in [0.5, 0.6) is 5.75 Å². The monoisotopic (exact) mass is 734 g/mol. The number of hydrogen-bond donors (Lipinski definition) is 1. The van der Waals surface area contributed by atoms with Crippen molar-refractivity contribution in [3.05, 3.63) is 94.2 Å². The SMILES string of the molecule is O=C(N/N=C/c1cc(I)c(OCc2ccc(Cl)cc2)c(I)c1)c1cc2cc(Br)ccc2o1. The molecule has 162 valence electrons. The summed E-state index contributed by atoms with van der Waals surface area (Å²) in [5.74, 6) is 0.585. The highest BCUT2D eigenvalue weighted by molar-refractivity contribution is 14.1. The molecule has 1 N–H and O–H groups in total. The van der Waals surface area contributed by atoms with Crippen LogP contribution in [0.3, 0.4) is 0 Å². The Morgan fingerprint density at radius 1 is 1.09 bits per heavy atom. The highest BCUT2D eigenvalue weighted by Gasteiger charge is 2.12. The molecule has 9 heteroatoms. The zero-order chi connectivity index (χ0) is 22.7. The van der Waals surface area contributed by atoms with Crippen LogP contribution in [0.1, 0.15) is 21.7 Å². The Kier molecular flexibility index (Phi) is 7.74. The molecule has 0 aliphatic rings. The lowest BCUT2D eigenvalue weighted by Crippen LogP contribution is -2.16. The van der Waals surface area contributed by atoms with Crippen LogP contribution in [0, 0.1) is 7.14 Å². The predicted molar refractivity (Wildman–Crippen MR) is 147 cm³/mol.